The van der Waals surface area contributed by atoms with Gasteiger partial charge in [0.25, 0.3) is 0 Å². The molecule has 220 valence electrons. The molecule has 0 saturated heterocycles. The van der Waals surface area contributed by atoms with E-state index in [0.29, 0.717) is 18.8 Å². The predicted octanol–water partition coefficient (Wildman–Crippen LogP) is 2.74. The van der Waals surface area contributed by atoms with E-state index >= 15 is 0 Å². The molecule has 0 saturated carbocycles. The number of alkyl carbamates (subject to hydrolysis) is 1. The fourth-order valence-corrected chi connectivity index (χ4v) is 3.91. The summed E-state index contributed by atoms with van der Waals surface area (Å²) in [4.78, 5) is 41.0. The Hall–Kier alpha value is -3.54. The van der Waals surface area contributed by atoms with Crippen molar-refractivity contribution in [2.24, 2.45) is 5.73 Å². The van der Waals surface area contributed by atoms with Crippen LogP contribution in [0.25, 0.3) is 0 Å². The molecule has 4 N–H and O–H groups in total. The van der Waals surface area contributed by atoms with Crippen molar-refractivity contribution in [3.63, 3.8) is 0 Å². The van der Waals surface area contributed by atoms with E-state index in [-0.39, 0.29) is 38.1 Å². The van der Waals surface area contributed by atoms with E-state index in [2.05, 4.69) is 10.6 Å². The lowest BCUT2D eigenvalue weighted by Gasteiger charge is -2.34. The van der Waals surface area contributed by atoms with Crippen LogP contribution in [0.4, 0.5) is 9.18 Å². The second-order valence-electron chi connectivity index (χ2n) is 9.31. The van der Waals surface area contributed by atoms with Gasteiger partial charge in [0.2, 0.25) is 11.8 Å². The summed E-state index contributed by atoms with van der Waals surface area (Å²) < 4.78 is 30.0. The fraction of sp³-hybridized carbons (Fsp3) is 0.483. The SMILES string of the molecule is CCOC(CN(C(=O)C(Cc1ccc(F)cc1)NC(=O)C(CN)NC(=O)OCc1ccccc1)C(C)C)OCC. The number of ether oxygens (including phenoxy) is 3. The summed E-state index contributed by atoms with van der Waals surface area (Å²) in [6.45, 7) is 8.06. The topological polar surface area (TPSA) is 132 Å². The van der Waals surface area contributed by atoms with Crippen LogP contribution in [0.1, 0.15) is 38.8 Å². The third-order valence-electron chi connectivity index (χ3n) is 5.98. The summed E-state index contributed by atoms with van der Waals surface area (Å²) in [5.41, 5.74) is 7.20. The third kappa shape index (κ3) is 10.9. The van der Waals surface area contributed by atoms with E-state index in [9.17, 15) is 18.8 Å². The van der Waals surface area contributed by atoms with Crippen LogP contribution in [0.2, 0.25) is 0 Å². The van der Waals surface area contributed by atoms with Crippen LogP contribution in [-0.4, -0.2) is 73.5 Å². The maximum Gasteiger partial charge on any atom is 0.408 e. The van der Waals surface area contributed by atoms with Crippen molar-refractivity contribution >= 4 is 17.9 Å². The molecule has 2 unspecified atom stereocenters. The lowest BCUT2D eigenvalue weighted by molar-refractivity contribution is -0.163. The zero-order valence-electron chi connectivity index (χ0n) is 23.6. The average Bonchev–Trinajstić information content (AvgIpc) is 2.94. The summed E-state index contributed by atoms with van der Waals surface area (Å²) in [6, 6.07) is 12.3. The van der Waals surface area contributed by atoms with E-state index in [1.54, 1.807) is 29.2 Å². The van der Waals surface area contributed by atoms with Gasteiger partial charge < -0.3 is 35.5 Å². The molecule has 0 aliphatic rings. The molecule has 0 aromatic heterocycles. The second-order valence-corrected chi connectivity index (χ2v) is 9.31. The molecule has 0 radical (unpaired) electrons. The minimum absolute atomic E-state index is 0.0153. The normalized spacial score (nSPS) is 12.6. The Balaban J connectivity index is 2.19. The first-order chi connectivity index (χ1) is 19.2. The highest BCUT2D eigenvalue weighted by molar-refractivity contribution is 5.91. The molecule has 10 nitrogen and oxygen atoms in total. The zero-order chi connectivity index (χ0) is 29.5. The number of rotatable bonds is 16. The van der Waals surface area contributed by atoms with Gasteiger partial charge in [-0.1, -0.05) is 42.5 Å². The van der Waals surface area contributed by atoms with E-state index in [0.717, 1.165) is 5.56 Å². The number of carbonyl (C=O) groups is 3. The lowest BCUT2D eigenvalue weighted by atomic mass is 10.0. The van der Waals surface area contributed by atoms with Gasteiger partial charge in [-0.05, 0) is 51.0 Å². The van der Waals surface area contributed by atoms with E-state index in [1.165, 1.54) is 12.1 Å². The van der Waals surface area contributed by atoms with Gasteiger partial charge in [-0.3, -0.25) is 9.59 Å². The van der Waals surface area contributed by atoms with Crippen molar-refractivity contribution in [2.45, 2.75) is 65.1 Å². The number of nitrogens with one attached hydrogen (secondary N) is 2. The van der Waals surface area contributed by atoms with Crippen molar-refractivity contribution < 1.29 is 33.0 Å². The summed E-state index contributed by atoms with van der Waals surface area (Å²) >= 11 is 0. The van der Waals surface area contributed by atoms with Crippen LogP contribution in [-0.2, 0) is 36.8 Å². The second kappa shape index (κ2) is 17.2. The Labute approximate surface area is 235 Å². The van der Waals surface area contributed by atoms with Gasteiger partial charge in [-0.15, -0.1) is 0 Å². The molecule has 0 spiro atoms. The number of benzene rings is 2. The Morgan fingerprint density at radius 2 is 1.52 bits per heavy atom. The van der Waals surface area contributed by atoms with Crippen LogP contribution in [0, 0.1) is 5.82 Å². The highest BCUT2D eigenvalue weighted by Crippen LogP contribution is 2.13. The molecular weight excluding hydrogens is 519 g/mol. The molecule has 0 fully saturated rings. The Morgan fingerprint density at radius 1 is 0.900 bits per heavy atom. The fourth-order valence-electron chi connectivity index (χ4n) is 3.91. The molecule has 11 heteroatoms. The molecular formula is C29H41FN4O6. The van der Waals surface area contributed by atoms with Crippen LogP contribution < -0.4 is 16.4 Å². The van der Waals surface area contributed by atoms with E-state index in [1.807, 2.05) is 45.9 Å². The standard InChI is InChI=1S/C29H41FN4O6/c1-5-38-26(39-6-2)18-34(20(3)4)28(36)24(16-21-12-14-23(30)15-13-21)32-27(35)25(17-31)33-29(37)40-19-22-10-8-7-9-11-22/h7-15,20,24-26H,5-6,16-19,31H2,1-4H3,(H,32,35)(H,33,37). The Kier molecular flexibility index (Phi) is 14.1. The number of hydrogen-bond donors (Lipinski definition) is 3. The number of nitrogens with zero attached hydrogens (tertiary/aromatic N) is 1. The van der Waals surface area contributed by atoms with E-state index in [4.69, 9.17) is 19.9 Å². The maximum atomic E-state index is 13.8. The van der Waals surface area contributed by atoms with Gasteiger partial charge >= 0.3 is 6.09 Å². The summed E-state index contributed by atoms with van der Waals surface area (Å²) in [5, 5.41) is 5.18. The Bertz CT molecular complexity index is 1050. The largest absolute Gasteiger partial charge is 0.445 e. The maximum absolute atomic E-state index is 13.8. The van der Waals surface area contributed by atoms with Gasteiger partial charge in [-0.2, -0.15) is 0 Å². The smallest absolute Gasteiger partial charge is 0.408 e. The van der Waals surface area contributed by atoms with Gasteiger partial charge in [0.1, 0.15) is 24.5 Å². The zero-order valence-corrected chi connectivity index (χ0v) is 23.6. The van der Waals surface area contributed by atoms with Gasteiger partial charge in [0, 0.05) is 32.2 Å². The summed E-state index contributed by atoms with van der Waals surface area (Å²) in [6.07, 6.45) is -1.39. The highest BCUT2D eigenvalue weighted by atomic mass is 19.1. The molecule has 2 rings (SSSR count). The van der Waals surface area contributed by atoms with Crippen LogP contribution in [0.5, 0.6) is 0 Å². The lowest BCUT2D eigenvalue weighted by Crippen LogP contribution is -2.58. The minimum Gasteiger partial charge on any atom is -0.445 e. The van der Waals surface area contributed by atoms with Crippen molar-refractivity contribution in [3.05, 3.63) is 71.5 Å². The van der Waals surface area contributed by atoms with Crippen LogP contribution in [0.15, 0.2) is 54.6 Å². The Morgan fingerprint density at radius 3 is 2.08 bits per heavy atom. The van der Waals surface area contributed by atoms with Crippen LogP contribution in [0.3, 0.4) is 0 Å². The highest BCUT2D eigenvalue weighted by Gasteiger charge is 2.32. The van der Waals surface area contributed by atoms with Crippen molar-refractivity contribution in [1.29, 1.82) is 0 Å². The van der Waals surface area contributed by atoms with E-state index < -0.39 is 36.2 Å². The number of amides is 3. The molecule has 3 amide bonds. The predicted molar refractivity (Wildman–Crippen MR) is 149 cm³/mol. The average molecular weight is 561 g/mol. The quantitative estimate of drug-likeness (QED) is 0.269. The number of hydrogen-bond acceptors (Lipinski definition) is 7. The molecule has 0 bridgehead atoms. The first kappa shape index (κ1) is 32.7. The third-order valence-corrected chi connectivity index (χ3v) is 5.98. The van der Waals surface area contributed by atoms with Crippen molar-refractivity contribution in [2.75, 3.05) is 26.3 Å². The molecule has 40 heavy (non-hydrogen) atoms. The molecule has 2 aromatic carbocycles. The monoisotopic (exact) mass is 560 g/mol. The molecule has 0 heterocycles. The molecule has 0 aliphatic carbocycles. The molecule has 2 atom stereocenters. The summed E-state index contributed by atoms with van der Waals surface area (Å²) in [7, 11) is 0. The summed E-state index contributed by atoms with van der Waals surface area (Å²) in [5.74, 6) is -1.47. The first-order valence-corrected chi connectivity index (χ1v) is 13.4. The van der Waals surface area contributed by atoms with Crippen LogP contribution >= 0.6 is 0 Å². The molecule has 2 aromatic rings. The first-order valence-electron chi connectivity index (χ1n) is 13.4. The molecule has 0 aliphatic heterocycles. The van der Waals surface area contributed by atoms with Crippen molar-refractivity contribution in [1.82, 2.24) is 15.5 Å². The van der Waals surface area contributed by atoms with Gasteiger partial charge in [-0.25, -0.2) is 9.18 Å². The van der Waals surface area contributed by atoms with Crippen molar-refractivity contribution in [3.8, 4) is 0 Å². The van der Waals surface area contributed by atoms with Gasteiger partial charge in [0.05, 0.1) is 6.54 Å². The van der Waals surface area contributed by atoms with Gasteiger partial charge in [0.15, 0.2) is 6.29 Å². The number of nitrogens with two attached hydrogens (primary N) is 1. The minimum atomic E-state index is -1.15. The number of carbonyl (C=O) groups excluding carboxylic acids is 3. The number of halogens is 1.